The average Bonchev–Trinajstić information content (AvgIpc) is 2.44. The summed E-state index contributed by atoms with van der Waals surface area (Å²) < 4.78 is 1.23. The summed E-state index contributed by atoms with van der Waals surface area (Å²) in [6.45, 7) is 12.1. The van der Waals surface area contributed by atoms with Crippen molar-refractivity contribution in [2.45, 2.75) is 46.6 Å². The molecule has 0 unspecified atom stereocenters. The smallest absolute Gasteiger partial charge is 0.0348 e. The monoisotopic (exact) mass is 350 g/mol. The molecule has 3 heteroatoms. The van der Waals surface area contributed by atoms with Gasteiger partial charge in [0.05, 0.1) is 0 Å². The second-order valence-corrected chi connectivity index (χ2v) is 7.22. The summed E-state index contributed by atoms with van der Waals surface area (Å²) in [5.41, 5.74) is 5.28. The van der Waals surface area contributed by atoms with E-state index in [1.54, 1.807) is 0 Å². The molecular weight excluding hydrogens is 324 g/mol. The number of hydrogen-bond donors (Lipinski definition) is 1. The molecule has 1 aromatic rings. The van der Waals surface area contributed by atoms with Crippen molar-refractivity contribution in [3.05, 3.63) is 39.4 Å². The van der Waals surface area contributed by atoms with E-state index in [-0.39, 0.29) is 0 Å². The summed E-state index contributed by atoms with van der Waals surface area (Å²) in [7, 11) is 0. The number of benzene rings is 1. The molecule has 2 nitrogen and oxygen atoms in total. The molecule has 1 N–H and O–H groups in total. The van der Waals surface area contributed by atoms with Crippen LogP contribution in [0.15, 0.2) is 28.3 Å². The van der Waals surface area contributed by atoms with Crippen molar-refractivity contribution in [1.82, 2.24) is 4.90 Å². The number of nitrogens with zero attached hydrogens (tertiary/aromatic N) is 1. The van der Waals surface area contributed by atoms with Crippen LogP contribution in [0.2, 0.25) is 0 Å². The molecule has 0 atom stereocenters. The van der Waals surface area contributed by atoms with Gasteiger partial charge < -0.3 is 5.32 Å². The molecule has 2 rings (SSSR count). The van der Waals surface area contributed by atoms with Gasteiger partial charge in [-0.2, -0.15) is 0 Å². The Morgan fingerprint density at radius 1 is 1.24 bits per heavy atom. The fraction of sp³-hybridized carbons (Fsp3) is 0.556. The number of halogens is 1. The van der Waals surface area contributed by atoms with Gasteiger partial charge in [-0.25, -0.2) is 0 Å². The molecule has 1 heterocycles. The standard InChI is InChI=1S/C18H27BrN2/c1-13(2)5-8-21-9-6-16(7-10-21)20-17-11-14(3)18(19)15(4)12-17/h5,11-12,16,20H,6-10H2,1-4H3. The van der Waals surface area contributed by atoms with E-state index >= 15 is 0 Å². The third-order valence-corrected chi connectivity index (χ3v) is 5.40. The first kappa shape index (κ1) is 16.6. The lowest BCUT2D eigenvalue weighted by Gasteiger charge is -2.32. The normalized spacial score (nSPS) is 16.8. The first-order chi connectivity index (χ1) is 9.95. The number of aryl methyl sites for hydroxylation is 2. The van der Waals surface area contributed by atoms with Crippen molar-refractivity contribution in [1.29, 1.82) is 0 Å². The van der Waals surface area contributed by atoms with E-state index in [9.17, 15) is 0 Å². The van der Waals surface area contributed by atoms with Crippen molar-refractivity contribution >= 4 is 21.6 Å². The van der Waals surface area contributed by atoms with Gasteiger partial charge in [-0.1, -0.05) is 27.6 Å². The molecule has 1 aromatic carbocycles. The van der Waals surface area contributed by atoms with E-state index in [0.29, 0.717) is 6.04 Å². The molecule has 116 valence electrons. The van der Waals surface area contributed by atoms with E-state index in [0.717, 1.165) is 6.54 Å². The summed E-state index contributed by atoms with van der Waals surface area (Å²) in [4.78, 5) is 2.54. The minimum Gasteiger partial charge on any atom is -0.382 e. The highest BCUT2D eigenvalue weighted by Crippen LogP contribution is 2.26. The SMILES string of the molecule is CC(C)=CCN1CCC(Nc2cc(C)c(Br)c(C)c2)CC1. The quantitative estimate of drug-likeness (QED) is 0.776. The van der Waals surface area contributed by atoms with Gasteiger partial charge in [-0.15, -0.1) is 0 Å². The van der Waals surface area contributed by atoms with Crippen molar-refractivity contribution < 1.29 is 0 Å². The van der Waals surface area contributed by atoms with E-state index in [4.69, 9.17) is 0 Å². The molecule has 1 saturated heterocycles. The Hall–Kier alpha value is -0.800. The van der Waals surface area contributed by atoms with Gasteiger partial charge in [0, 0.05) is 35.8 Å². The molecule has 1 fully saturated rings. The van der Waals surface area contributed by atoms with Crippen molar-refractivity contribution in [2.24, 2.45) is 0 Å². The predicted molar refractivity (Wildman–Crippen MR) is 96.1 cm³/mol. The van der Waals surface area contributed by atoms with Crippen LogP contribution >= 0.6 is 15.9 Å². The zero-order chi connectivity index (χ0) is 15.4. The minimum atomic E-state index is 0.605. The van der Waals surface area contributed by atoms with Crippen LogP contribution in [0.5, 0.6) is 0 Å². The molecule has 1 aliphatic rings. The van der Waals surface area contributed by atoms with Gasteiger partial charge in [0.2, 0.25) is 0 Å². The fourth-order valence-electron chi connectivity index (χ4n) is 2.84. The van der Waals surface area contributed by atoms with Crippen molar-refractivity contribution in [3.8, 4) is 0 Å². The van der Waals surface area contributed by atoms with Crippen LogP contribution in [0.25, 0.3) is 0 Å². The van der Waals surface area contributed by atoms with Crippen LogP contribution in [-0.2, 0) is 0 Å². The van der Waals surface area contributed by atoms with Crippen LogP contribution in [0.4, 0.5) is 5.69 Å². The highest BCUT2D eigenvalue weighted by molar-refractivity contribution is 9.10. The second kappa shape index (κ2) is 7.46. The predicted octanol–water partition coefficient (Wildman–Crippen LogP) is 4.91. The van der Waals surface area contributed by atoms with Gasteiger partial charge in [0.25, 0.3) is 0 Å². The average molecular weight is 351 g/mol. The molecule has 0 radical (unpaired) electrons. The summed E-state index contributed by atoms with van der Waals surface area (Å²) in [5.74, 6) is 0. The third-order valence-electron chi connectivity index (χ3n) is 4.15. The van der Waals surface area contributed by atoms with Gasteiger partial charge in [-0.3, -0.25) is 4.90 Å². The lowest BCUT2D eigenvalue weighted by molar-refractivity contribution is 0.240. The van der Waals surface area contributed by atoms with E-state index in [1.165, 1.54) is 52.8 Å². The molecule has 0 amide bonds. The Morgan fingerprint density at radius 3 is 2.33 bits per heavy atom. The highest BCUT2D eigenvalue weighted by Gasteiger charge is 2.18. The Bertz CT molecular complexity index is 487. The van der Waals surface area contributed by atoms with Gasteiger partial charge in [-0.05, 0) is 63.8 Å². The zero-order valence-corrected chi connectivity index (χ0v) is 15.3. The van der Waals surface area contributed by atoms with E-state index < -0.39 is 0 Å². The summed E-state index contributed by atoms with van der Waals surface area (Å²) in [6, 6.07) is 5.09. The topological polar surface area (TPSA) is 15.3 Å². The van der Waals surface area contributed by atoms with E-state index in [1.807, 2.05) is 0 Å². The Kier molecular flexibility index (Phi) is 5.88. The third kappa shape index (κ3) is 4.86. The van der Waals surface area contributed by atoms with Gasteiger partial charge in [0.15, 0.2) is 0 Å². The lowest BCUT2D eigenvalue weighted by atomic mass is 10.0. The maximum Gasteiger partial charge on any atom is 0.0348 e. The molecule has 0 saturated carbocycles. The number of nitrogens with one attached hydrogen (secondary N) is 1. The largest absolute Gasteiger partial charge is 0.382 e. The minimum absolute atomic E-state index is 0.605. The van der Waals surface area contributed by atoms with Crippen LogP contribution in [-0.4, -0.2) is 30.6 Å². The maximum absolute atomic E-state index is 3.71. The summed E-state index contributed by atoms with van der Waals surface area (Å²) in [6.07, 6.45) is 4.78. The Labute approximate surface area is 137 Å². The highest BCUT2D eigenvalue weighted by atomic mass is 79.9. The van der Waals surface area contributed by atoms with Crippen LogP contribution in [0.1, 0.15) is 37.8 Å². The Balaban J connectivity index is 1.88. The molecule has 0 bridgehead atoms. The molecule has 0 aromatic heterocycles. The first-order valence-electron chi connectivity index (χ1n) is 7.84. The number of anilines is 1. The number of rotatable bonds is 4. The van der Waals surface area contributed by atoms with E-state index in [2.05, 4.69) is 72.1 Å². The van der Waals surface area contributed by atoms with Crippen molar-refractivity contribution in [2.75, 3.05) is 25.0 Å². The summed E-state index contributed by atoms with van der Waals surface area (Å²) in [5, 5.41) is 3.71. The zero-order valence-electron chi connectivity index (χ0n) is 13.7. The number of allylic oxidation sites excluding steroid dienone is 1. The first-order valence-corrected chi connectivity index (χ1v) is 8.64. The molecule has 1 aliphatic heterocycles. The Morgan fingerprint density at radius 2 is 1.81 bits per heavy atom. The maximum atomic E-state index is 3.71. The van der Waals surface area contributed by atoms with Crippen LogP contribution < -0.4 is 5.32 Å². The number of piperidine rings is 1. The second-order valence-electron chi connectivity index (χ2n) is 6.42. The lowest BCUT2D eigenvalue weighted by Crippen LogP contribution is -2.39. The number of likely N-dealkylation sites (tertiary alicyclic amines) is 1. The molecular formula is C18H27BrN2. The van der Waals surface area contributed by atoms with Crippen molar-refractivity contribution in [3.63, 3.8) is 0 Å². The van der Waals surface area contributed by atoms with Gasteiger partial charge in [0.1, 0.15) is 0 Å². The van der Waals surface area contributed by atoms with Crippen LogP contribution in [0, 0.1) is 13.8 Å². The summed E-state index contributed by atoms with van der Waals surface area (Å²) >= 11 is 3.64. The van der Waals surface area contributed by atoms with Gasteiger partial charge >= 0.3 is 0 Å². The van der Waals surface area contributed by atoms with Crippen LogP contribution in [0.3, 0.4) is 0 Å². The molecule has 21 heavy (non-hydrogen) atoms. The molecule has 0 spiro atoms. The molecule has 0 aliphatic carbocycles. The fourth-order valence-corrected chi connectivity index (χ4v) is 3.07. The number of hydrogen-bond acceptors (Lipinski definition) is 2.